The van der Waals surface area contributed by atoms with Crippen LogP contribution in [0.3, 0.4) is 0 Å². The highest BCUT2D eigenvalue weighted by molar-refractivity contribution is 5.60. The monoisotopic (exact) mass is 300 g/mol. The highest BCUT2D eigenvalue weighted by Gasteiger charge is 2.14. The second-order valence-corrected chi connectivity index (χ2v) is 4.72. The first-order valence-electron chi connectivity index (χ1n) is 6.93. The van der Waals surface area contributed by atoms with Crippen LogP contribution < -0.4 is 22.3 Å². The summed E-state index contributed by atoms with van der Waals surface area (Å²) in [5, 5.41) is 2.93. The molecule has 0 saturated carbocycles. The van der Waals surface area contributed by atoms with E-state index in [1.165, 1.54) is 4.57 Å². The van der Waals surface area contributed by atoms with Gasteiger partial charge in [0, 0.05) is 27.3 Å². The summed E-state index contributed by atoms with van der Waals surface area (Å²) < 4.78 is 11.6. The largest absolute Gasteiger partial charge is 0.383 e. The molecule has 0 fully saturated rings. The molecule has 1 heterocycles. The summed E-state index contributed by atoms with van der Waals surface area (Å²) in [5.41, 5.74) is 5.10. The van der Waals surface area contributed by atoms with Gasteiger partial charge in [-0.3, -0.25) is 14.3 Å². The average molecular weight is 300 g/mol. The number of hydrogen-bond donors (Lipinski definition) is 3. The molecule has 120 valence electrons. The Labute approximate surface area is 123 Å². The van der Waals surface area contributed by atoms with Gasteiger partial charge < -0.3 is 20.5 Å². The van der Waals surface area contributed by atoms with Crippen molar-refractivity contribution in [3.8, 4) is 0 Å². The Balaban J connectivity index is 2.96. The molecule has 0 spiro atoms. The summed E-state index contributed by atoms with van der Waals surface area (Å²) in [7, 11) is 3.12. The van der Waals surface area contributed by atoms with Crippen molar-refractivity contribution >= 4 is 11.5 Å². The molecule has 0 aliphatic rings. The number of H-pyrrole nitrogens is 1. The first kappa shape index (κ1) is 17.3. The van der Waals surface area contributed by atoms with Crippen LogP contribution in [0.5, 0.6) is 0 Å². The Morgan fingerprint density at radius 3 is 2.67 bits per heavy atom. The molecule has 8 nitrogen and oxygen atoms in total. The number of hydrogen-bond acceptors (Lipinski definition) is 6. The quantitative estimate of drug-likeness (QED) is 0.591. The highest BCUT2D eigenvalue weighted by atomic mass is 16.5. The molecular weight excluding hydrogens is 276 g/mol. The van der Waals surface area contributed by atoms with Crippen LogP contribution in [0, 0.1) is 0 Å². The van der Waals surface area contributed by atoms with Gasteiger partial charge in [0.2, 0.25) is 0 Å². The number of nitrogens with two attached hydrogens (primary N) is 1. The lowest BCUT2D eigenvalue weighted by molar-refractivity contribution is 0.0365. The maximum Gasteiger partial charge on any atom is 0.330 e. The molecule has 0 bridgehead atoms. The van der Waals surface area contributed by atoms with E-state index in [-0.39, 0.29) is 17.6 Å². The molecule has 1 aromatic rings. The molecule has 8 heteroatoms. The van der Waals surface area contributed by atoms with Crippen LogP contribution in [0.25, 0.3) is 0 Å². The smallest absolute Gasteiger partial charge is 0.330 e. The minimum absolute atomic E-state index is 0.143. The number of nitrogens with one attached hydrogen (secondary N) is 2. The van der Waals surface area contributed by atoms with E-state index in [1.54, 1.807) is 14.2 Å². The SMILES string of the molecule is CCCCn1c(N)c(NCC(COC)OC)c(=O)[nH]c1=O. The number of aromatic nitrogens is 2. The number of rotatable bonds is 9. The van der Waals surface area contributed by atoms with Crippen LogP contribution in [0.4, 0.5) is 11.5 Å². The Hall–Kier alpha value is -1.80. The normalized spacial score (nSPS) is 12.3. The lowest BCUT2D eigenvalue weighted by atomic mass is 10.3. The summed E-state index contributed by atoms with van der Waals surface area (Å²) in [4.78, 5) is 25.9. The molecule has 21 heavy (non-hydrogen) atoms. The van der Waals surface area contributed by atoms with E-state index in [0.717, 1.165) is 12.8 Å². The van der Waals surface area contributed by atoms with Crippen LogP contribution in [-0.2, 0) is 16.0 Å². The van der Waals surface area contributed by atoms with Crippen molar-refractivity contribution in [2.45, 2.75) is 32.4 Å². The Morgan fingerprint density at radius 1 is 1.38 bits per heavy atom. The summed E-state index contributed by atoms with van der Waals surface area (Å²) in [6, 6.07) is 0. The summed E-state index contributed by atoms with van der Waals surface area (Å²) >= 11 is 0. The zero-order valence-electron chi connectivity index (χ0n) is 12.8. The Kier molecular flexibility index (Phi) is 6.97. The van der Waals surface area contributed by atoms with Crippen molar-refractivity contribution in [3.63, 3.8) is 0 Å². The van der Waals surface area contributed by atoms with Gasteiger partial charge in [-0.05, 0) is 6.42 Å². The van der Waals surface area contributed by atoms with Gasteiger partial charge in [0.25, 0.3) is 5.56 Å². The van der Waals surface area contributed by atoms with Gasteiger partial charge in [-0.15, -0.1) is 0 Å². The maximum atomic E-state index is 11.9. The third-order valence-corrected chi connectivity index (χ3v) is 3.17. The van der Waals surface area contributed by atoms with Crippen molar-refractivity contribution in [3.05, 3.63) is 20.8 Å². The lowest BCUT2D eigenvalue weighted by Gasteiger charge is -2.17. The van der Waals surface area contributed by atoms with E-state index in [1.807, 2.05) is 6.92 Å². The second-order valence-electron chi connectivity index (χ2n) is 4.72. The minimum atomic E-state index is -0.530. The third kappa shape index (κ3) is 4.61. The molecule has 0 aromatic carbocycles. The fourth-order valence-corrected chi connectivity index (χ4v) is 1.91. The van der Waals surface area contributed by atoms with Crippen molar-refractivity contribution in [1.82, 2.24) is 9.55 Å². The van der Waals surface area contributed by atoms with Gasteiger partial charge in [-0.25, -0.2) is 4.79 Å². The first-order valence-corrected chi connectivity index (χ1v) is 6.93. The van der Waals surface area contributed by atoms with Crippen molar-refractivity contribution in [2.75, 3.05) is 38.4 Å². The van der Waals surface area contributed by atoms with E-state index in [9.17, 15) is 9.59 Å². The van der Waals surface area contributed by atoms with Gasteiger partial charge in [0.15, 0.2) is 0 Å². The van der Waals surface area contributed by atoms with E-state index in [0.29, 0.717) is 19.7 Å². The van der Waals surface area contributed by atoms with E-state index >= 15 is 0 Å². The zero-order chi connectivity index (χ0) is 15.8. The molecule has 0 radical (unpaired) electrons. The Bertz CT molecular complexity index is 552. The fraction of sp³-hybridized carbons (Fsp3) is 0.692. The molecule has 1 unspecified atom stereocenters. The molecule has 0 saturated heterocycles. The van der Waals surface area contributed by atoms with Crippen molar-refractivity contribution < 1.29 is 9.47 Å². The van der Waals surface area contributed by atoms with E-state index in [4.69, 9.17) is 15.2 Å². The fourth-order valence-electron chi connectivity index (χ4n) is 1.91. The third-order valence-electron chi connectivity index (χ3n) is 3.17. The zero-order valence-corrected chi connectivity index (χ0v) is 12.8. The highest BCUT2D eigenvalue weighted by Crippen LogP contribution is 2.11. The maximum absolute atomic E-state index is 11.9. The molecule has 0 amide bonds. The summed E-state index contributed by atoms with van der Waals surface area (Å²) in [6.07, 6.45) is 1.51. The summed E-state index contributed by atoms with van der Waals surface area (Å²) in [5.74, 6) is 0.143. The number of methoxy groups -OCH3 is 2. The molecular formula is C13H24N4O4. The topological polar surface area (TPSA) is 111 Å². The number of nitrogens with zero attached hydrogens (tertiary/aromatic N) is 1. The van der Waals surface area contributed by atoms with Crippen LogP contribution in [0.1, 0.15) is 19.8 Å². The number of aromatic amines is 1. The van der Waals surface area contributed by atoms with Gasteiger partial charge in [0.05, 0.1) is 12.7 Å². The van der Waals surface area contributed by atoms with Crippen LogP contribution >= 0.6 is 0 Å². The number of ether oxygens (including phenoxy) is 2. The van der Waals surface area contributed by atoms with Gasteiger partial charge in [-0.2, -0.15) is 0 Å². The molecule has 4 N–H and O–H groups in total. The number of nitrogen functional groups attached to an aromatic ring is 1. The predicted molar refractivity (Wildman–Crippen MR) is 81.8 cm³/mol. The average Bonchev–Trinajstić information content (AvgIpc) is 2.45. The Morgan fingerprint density at radius 2 is 2.10 bits per heavy atom. The van der Waals surface area contributed by atoms with Gasteiger partial charge in [-0.1, -0.05) is 13.3 Å². The van der Waals surface area contributed by atoms with Gasteiger partial charge >= 0.3 is 5.69 Å². The van der Waals surface area contributed by atoms with Crippen LogP contribution in [0.15, 0.2) is 9.59 Å². The van der Waals surface area contributed by atoms with Crippen molar-refractivity contribution in [2.24, 2.45) is 0 Å². The van der Waals surface area contributed by atoms with Crippen molar-refractivity contribution in [1.29, 1.82) is 0 Å². The minimum Gasteiger partial charge on any atom is -0.383 e. The first-order chi connectivity index (χ1) is 10.0. The number of anilines is 2. The van der Waals surface area contributed by atoms with Gasteiger partial charge in [0.1, 0.15) is 11.5 Å². The molecule has 1 aromatic heterocycles. The molecule has 1 atom stereocenters. The molecule has 0 aliphatic carbocycles. The predicted octanol–water partition coefficient (Wildman–Crippen LogP) is -0.00780. The lowest BCUT2D eigenvalue weighted by Crippen LogP contribution is -2.36. The molecule has 0 aliphatic heterocycles. The standard InChI is InChI=1S/C13H24N4O4/c1-4-5-6-17-11(14)10(12(18)16-13(17)19)15-7-9(21-3)8-20-2/h9,15H,4-8,14H2,1-3H3,(H,16,18,19). The second kappa shape index (κ2) is 8.48. The van der Waals surface area contributed by atoms with E-state index < -0.39 is 11.2 Å². The van der Waals surface area contributed by atoms with E-state index in [2.05, 4.69) is 10.3 Å². The van der Waals surface area contributed by atoms with Crippen LogP contribution in [-0.4, -0.2) is 43.0 Å². The van der Waals surface area contributed by atoms with Crippen LogP contribution in [0.2, 0.25) is 0 Å². The summed E-state index contributed by atoms with van der Waals surface area (Å²) in [6.45, 7) is 3.22. The molecule has 1 rings (SSSR count). The number of unbranched alkanes of at least 4 members (excludes halogenated alkanes) is 1.